The third-order valence-corrected chi connectivity index (χ3v) is 2.85. The van der Waals surface area contributed by atoms with Gasteiger partial charge in [-0.3, -0.25) is 4.79 Å². The number of carbonyl (C=O) groups excluding carboxylic acids is 1. The Kier molecular flexibility index (Phi) is 2.21. The molecule has 86 valence electrons. The Bertz CT molecular complexity index is 640. The summed E-state index contributed by atoms with van der Waals surface area (Å²) in [7, 11) is 0. The number of nitrogens with zero attached hydrogens (tertiary/aromatic N) is 1. The van der Waals surface area contributed by atoms with E-state index in [9.17, 15) is 9.59 Å². The van der Waals surface area contributed by atoms with Crippen molar-refractivity contribution in [2.45, 2.75) is 12.8 Å². The van der Waals surface area contributed by atoms with Crippen molar-refractivity contribution >= 4 is 16.9 Å². The van der Waals surface area contributed by atoms with Gasteiger partial charge in [-0.05, 0) is 25.0 Å². The predicted molar refractivity (Wildman–Crippen MR) is 62.5 cm³/mol. The number of para-hydroxylation sites is 1. The summed E-state index contributed by atoms with van der Waals surface area (Å²) in [5.41, 5.74) is 0.298. The number of pyridine rings is 1. The second-order valence-electron chi connectivity index (χ2n) is 4.21. The van der Waals surface area contributed by atoms with E-state index >= 15 is 0 Å². The van der Waals surface area contributed by atoms with Gasteiger partial charge in [0.15, 0.2) is 0 Å². The summed E-state index contributed by atoms with van der Waals surface area (Å²) in [6, 6.07) is 10.4. The zero-order valence-electron chi connectivity index (χ0n) is 9.13. The highest BCUT2D eigenvalue weighted by Gasteiger charge is 2.32. The quantitative estimate of drug-likeness (QED) is 0.781. The molecule has 0 radical (unpaired) electrons. The molecule has 1 saturated carbocycles. The van der Waals surface area contributed by atoms with Gasteiger partial charge in [-0.15, -0.1) is 4.73 Å². The molecule has 2 aromatic rings. The molecule has 1 aliphatic rings. The van der Waals surface area contributed by atoms with Gasteiger partial charge in [-0.25, -0.2) is 4.79 Å². The van der Waals surface area contributed by atoms with E-state index in [4.69, 9.17) is 4.84 Å². The van der Waals surface area contributed by atoms with Crippen molar-refractivity contribution in [3.05, 3.63) is 46.8 Å². The monoisotopic (exact) mass is 229 g/mol. The number of rotatable bonds is 2. The molecule has 1 aromatic heterocycles. The maximum atomic E-state index is 11.7. The molecule has 1 aliphatic carbocycles. The standard InChI is InChI=1S/C13H11NO3/c15-12-8-7-9-3-1-2-4-11(9)14(12)17-13(16)10-5-6-10/h1-4,7-8,10H,5-6H2. The fourth-order valence-corrected chi connectivity index (χ4v) is 1.74. The number of hydrogen-bond donors (Lipinski definition) is 0. The fourth-order valence-electron chi connectivity index (χ4n) is 1.74. The van der Waals surface area contributed by atoms with Gasteiger partial charge in [-0.1, -0.05) is 18.2 Å². The second-order valence-corrected chi connectivity index (χ2v) is 4.21. The third kappa shape index (κ3) is 1.82. The zero-order chi connectivity index (χ0) is 11.8. The van der Waals surface area contributed by atoms with Gasteiger partial charge in [0.05, 0.1) is 11.4 Å². The molecule has 0 N–H and O–H groups in total. The topological polar surface area (TPSA) is 48.3 Å². The van der Waals surface area contributed by atoms with Crippen LogP contribution in [0.25, 0.3) is 10.9 Å². The van der Waals surface area contributed by atoms with E-state index in [0.29, 0.717) is 5.52 Å². The van der Waals surface area contributed by atoms with Gasteiger partial charge in [0, 0.05) is 11.5 Å². The summed E-state index contributed by atoms with van der Waals surface area (Å²) >= 11 is 0. The number of fused-ring (bicyclic) bond motifs is 1. The molecule has 0 saturated heterocycles. The molecule has 0 bridgehead atoms. The van der Waals surface area contributed by atoms with E-state index in [-0.39, 0.29) is 17.4 Å². The molecule has 3 rings (SSSR count). The van der Waals surface area contributed by atoms with E-state index in [0.717, 1.165) is 23.0 Å². The lowest BCUT2D eigenvalue weighted by molar-refractivity contribution is -0.145. The summed E-state index contributed by atoms with van der Waals surface area (Å²) in [5, 5.41) is 0.871. The highest BCUT2D eigenvalue weighted by molar-refractivity contribution is 5.80. The summed E-state index contributed by atoms with van der Waals surface area (Å²) in [5.74, 6) is -0.343. The lowest BCUT2D eigenvalue weighted by Gasteiger charge is -2.08. The maximum Gasteiger partial charge on any atom is 0.336 e. The summed E-state index contributed by atoms with van der Waals surface area (Å²) in [6.07, 6.45) is 1.72. The van der Waals surface area contributed by atoms with E-state index in [2.05, 4.69) is 0 Å². The molecule has 0 spiro atoms. The predicted octanol–water partition coefficient (Wildman–Crippen LogP) is 1.37. The molecule has 4 heteroatoms. The Hall–Kier alpha value is -2.10. The molecule has 1 heterocycles. The molecule has 17 heavy (non-hydrogen) atoms. The second kappa shape index (κ2) is 3.73. The van der Waals surface area contributed by atoms with Crippen LogP contribution in [0.5, 0.6) is 0 Å². The molecular weight excluding hydrogens is 218 g/mol. The van der Waals surface area contributed by atoms with Crippen molar-refractivity contribution in [3.8, 4) is 0 Å². The molecule has 0 atom stereocenters. The van der Waals surface area contributed by atoms with Crippen LogP contribution < -0.4 is 10.4 Å². The first kappa shape index (κ1) is 10.1. The van der Waals surface area contributed by atoms with Gasteiger partial charge in [0.2, 0.25) is 0 Å². The Morgan fingerprint density at radius 2 is 1.94 bits per heavy atom. The van der Waals surface area contributed by atoms with Gasteiger partial charge in [0.1, 0.15) is 0 Å². The number of aromatic nitrogens is 1. The smallest absolute Gasteiger partial charge is 0.333 e. The van der Waals surface area contributed by atoms with E-state index in [1.165, 1.54) is 6.07 Å². The van der Waals surface area contributed by atoms with Crippen LogP contribution in [0.4, 0.5) is 0 Å². The molecule has 0 aliphatic heterocycles. The van der Waals surface area contributed by atoms with Crippen molar-refractivity contribution in [1.82, 2.24) is 4.73 Å². The van der Waals surface area contributed by atoms with Gasteiger partial charge in [-0.2, -0.15) is 0 Å². The van der Waals surface area contributed by atoms with Crippen LogP contribution in [0.15, 0.2) is 41.2 Å². The SMILES string of the molecule is O=C(On1c(=O)ccc2ccccc21)C1CC1. The number of carbonyl (C=O) groups is 1. The van der Waals surface area contributed by atoms with Crippen LogP contribution in [-0.4, -0.2) is 10.7 Å². The van der Waals surface area contributed by atoms with Crippen LogP contribution in [0.2, 0.25) is 0 Å². The van der Waals surface area contributed by atoms with Crippen molar-refractivity contribution in [2.75, 3.05) is 0 Å². The molecule has 0 unspecified atom stereocenters. The van der Waals surface area contributed by atoms with E-state index in [1.54, 1.807) is 12.1 Å². The zero-order valence-corrected chi connectivity index (χ0v) is 9.13. The van der Waals surface area contributed by atoms with Crippen molar-refractivity contribution in [2.24, 2.45) is 5.92 Å². The first-order valence-corrected chi connectivity index (χ1v) is 5.59. The van der Waals surface area contributed by atoms with Gasteiger partial charge < -0.3 is 4.84 Å². The van der Waals surface area contributed by atoms with Crippen LogP contribution >= 0.6 is 0 Å². The minimum Gasteiger partial charge on any atom is -0.333 e. The van der Waals surface area contributed by atoms with Gasteiger partial charge in [0.25, 0.3) is 5.56 Å². The number of benzene rings is 1. The first-order chi connectivity index (χ1) is 8.25. The van der Waals surface area contributed by atoms with Gasteiger partial charge >= 0.3 is 5.97 Å². The van der Waals surface area contributed by atoms with Crippen molar-refractivity contribution in [1.29, 1.82) is 0 Å². The van der Waals surface area contributed by atoms with Crippen molar-refractivity contribution in [3.63, 3.8) is 0 Å². The Morgan fingerprint density at radius 3 is 2.71 bits per heavy atom. The Morgan fingerprint density at radius 1 is 1.18 bits per heavy atom. The molecule has 1 fully saturated rings. The van der Waals surface area contributed by atoms with Crippen LogP contribution in [-0.2, 0) is 4.79 Å². The third-order valence-electron chi connectivity index (χ3n) is 2.85. The summed E-state index contributed by atoms with van der Waals surface area (Å²) in [6.45, 7) is 0. The number of hydrogen-bond acceptors (Lipinski definition) is 3. The minimum atomic E-state index is -0.322. The van der Waals surface area contributed by atoms with Crippen LogP contribution in [0, 0.1) is 5.92 Å². The first-order valence-electron chi connectivity index (χ1n) is 5.59. The van der Waals surface area contributed by atoms with E-state index < -0.39 is 0 Å². The minimum absolute atomic E-state index is 0.0270. The Labute approximate surface area is 97.4 Å². The fraction of sp³-hybridized carbons (Fsp3) is 0.231. The highest BCUT2D eigenvalue weighted by Crippen LogP contribution is 2.29. The molecule has 4 nitrogen and oxygen atoms in total. The normalized spacial score (nSPS) is 14.8. The lowest BCUT2D eigenvalue weighted by Crippen LogP contribution is -2.31. The van der Waals surface area contributed by atoms with E-state index in [1.807, 2.05) is 18.2 Å². The average molecular weight is 229 g/mol. The van der Waals surface area contributed by atoms with Crippen LogP contribution in [0.3, 0.4) is 0 Å². The molecule has 0 amide bonds. The Balaban J connectivity index is 2.09. The highest BCUT2D eigenvalue weighted by atomic mass is 16.7. The average Bonchev–Trinajstić information content (AvgIpc) is 3.17. The maximum absolute atomic E-state index is 11.7. The molecular formula is C13H11NO3. The largest absolute Gasteiger partial charge is 0.336 e. The van der Waals surface area contributed by atoms with Crippen molar-refractivity contribution < 1.29 is 9.63 Å². The molecule has 1 aromatic carbocycles. The van der Waals surface area contributed by atoms with Crippen LogP contribution in [0.1, 0.15) is 12.8 Å². The summed E-state index contributed by atoms with van der Waals surface area (Å²) < 4.78 is 1.08. The summed E-state index contributed by atoms with van der Waals surface area (Å²) in [4.78, 5) is 28.4. The lowest BCUT2D eigenvalue weighted by atomic mass is 10.2.